The van der Waals surface area contributed by atoms with Crippen molar-refractivity contribution < 1.29 is 4.74 Å². The summed E-state index contributed by atoms with van der Waals surface area (Å²) in [4.78, 5) is 0. The van der Waals surface area contributed by atoms with Gasteiger partial charge in [-0.05, 0) is 41.2 Å². The summed E-state index contributed by atoms with van der Waals surface area (Å²) in [5.41, 5.74) is 4.00. The van der Waals surface area contributed by atoms with Crippen molar-refractivity contribution in [3.8, 4) is 5.75 Å². The molecule has 0 N–H and O–H groups in total. The maximum absolute atomic E-state index is 6.07. The molecule has 1 nitrogen and oxygen atoms in total. The molecule has 25 heavy (non-hydrogen) atoms. The summed E-state index contributed by atoms with van der Waals surface area (Å²) >= 11 is 0. The lowest BCUT2D eigenvalue weighted by atomic mass is 9.89. The van der Waals surface area contributed by atoms with Crippen LogP contribution in [0.1, 0.15) is 48.8 Å². The normalized spacial score (nSPS) is 11.0. The van der Waals surface area contributed by atoms with Crippen molar-refractivity contribution in [3.63, 3.8) is 0 Å². The van der Waals surface area contributed by atoms with E-state index in [-0.39, 0.29) is 0 Å². The summed E-state index contributed by atoms with van der Waals surface area (Å²) in [6.07, 6.45) is 0.958. The summed E-state index contributed by atoms with van der Waals surface area (Å²) in [7, 11) is 0. The first-order valence-corrected chi connectivity index (χ1v) is 9.06. The molecule has 0 saturated heterocycles. The molecule has 3 aromatic carbocycles. The molecule has 128 valence electrons. The largest absolute Gasteiger partial charge is 0.494 e. The van der Waals surface area contributed by atoms with Crippen molar-refractivity contribution in [1.82, 2.24) is 0 Å². The maximum Gasteiger partial charge on any atom is 0.119 e. The molecular weight excluding hydrogens is 304 g/mol. The Hall–Kier alpha value is -2.54. The Kier molecular flexibility index (Phi) is 5.90. The average molecular weight is 330 g/mol. The van der Waals surface area contributed by atoms with E-state index in [9.17, 15) is 0 Å². The maximum atomic E-state index is 6.07. The topological polar surface area (TPSA) is 9.23 Å². The highest BCUT2D eigenvalue weighted by Crippen LogP contribution is 2.28. The van der Waals surface area contributed by atoms with E-state index in [4.69, 9.17) is 4.74 Å². The van der Waals surface area contributed by atoms with Crippen LogP contribution in [0.15, 0.2) is 84.9 Å². The van der Waals surface area contributed by atoms with Crippen LogP contribution in [0, 0.1) is 0 Å². The van der Waals surface area contributed by atoms with Crippen molar-refractivity contribution in [2.24, 2.45) is 0 Å². The fraction of sp³-hybridized carbons (Fsp3) is 0.250. The van der Waals surface area contributed by atoms with Gasteiger partial charge < -0.3 is 4.74 Å². The molecule has 0 saturated carbocycles. The highest BCUT2D eigenvalue weighted by atomic mass is 16.5. The molecule has 3 rings (SSSR count). The second kappa shape index (κ2) is 8.53. The van der Waals surface area contributed by atoms with Crippen LogP contribution in [0.5, 0.6) is 5.75 Å². The van der Waals surface area contributed by atoms with Gasteiger partial charge in [0.25, 0.3) is 0 Å². The highest BCUT2D eigenvalue weighted by molar-refractivity contribution is 5.33. The van der Waals surface area contributed by atoms with Gasteiger partial charge in [-0.3, -0.25) is 0 Å². The summed E-state index contributed by atoms with van der Waals surface area (Å²) in [6, 6.07) is 29.8. The Morgan fingerprint density at radius 2 is 1.24 bits per heavy atom. The van der Waals surface area contributed by atoms with Crippen molar-refractivity contribution in [3.05, 3.63) is 102 Å². The molecule has 0 unspecified atom stereocenters. The summed E-state index contributed by atoms with van der Waals surface area (Å²) < 4.78 is 6.07. The van der Waals surface area contributed by atoms with E-state index in [0.29, 0.717) is 18.4 Å². The number of benzene rings is 3. The lowest BCUT2D eigenvalue weighted by Crippen LogP contribution is -2.07. The molecule has 0 atom stereocenters. The lowest BCUT2D eigenvalue weighted by molar-refractivity contribution is 0.303. The SMILES string of the molecule is CC(C)c1cccc(OCCC(c2ccccc2)c2ccccc2)c1. The fourth-order valence-corrected chi connectivity index (χ4v) is 3.15. The zero-order valence-electron chi connectivity index (χ0n) is 15.1. The molecule has 0 fully saturated rings. The standard InChI is InChI=1S/C24H26O/c1-19(2)22-14-9-15-23(18-22)25-17-16-24(20-10-5-3-6-11-20)21-12-7-4-8-13-21/h3-15,18-19,24H,16-17H2,1-2H3. The van der Waals surface area contributed by atoms with E-state index in [0.717, 1.165) is 12.2 Å². The third kappa shape index (κ3) is 4.73. The third-order valence-electron chi connectivity index (χ3n) is 4.60. The molecule has 0 heterocycles. The van der Waals surface area contributed by atoms with Gasteiger partial charge in [-0.15, -0.1) is 0 Å². The second-order valence-corrected chi connectivity index (χ2v) is 6.74. The molecule has 0 bridgehead atoms. The van der Waals surface area contributed by atoms with Crippen LogP contribution in [0.4, 0.5) is 0 Å². The molecule has 0 aliphatic carbocycles. The van der Waals surface area contributed by atoms with Gasteiger partial charge in [0.05, 0.1) is 6.61 Å². The first-order chi connectivity index (χ1) is 12.2. The Morgan fingerprint density at radius 3 is 1.80 bits per heavy atom. The van der Waals surface area contributed by atoms with Crippen molar-refractivity contribution >= 4 is 0 Å². The Morgan fingerprint density at radius 1 is 0.680 bits per heavy atom. The van der Waals surface area contributed by atoms with E-state index >= 15 is 0 Å². The van der Waals surface area contributed by atoms with Gasteiger partial charge >= 0.3 is 0 Å². The molecule has 0 spiro atoms. The first kappa shape index (κ1) is 17.3. The molecule has 3 aromatic rings. The molecule has 1 heteroatoms. The van der Waals surface area contributed by atoms with Gasteiger partial charge in [0.1, 0.15) is 5.75 Å². The van der Waals surface area contributed by atoms with E-state index < -0.39 is 0 Å². The summed E-state index contributed by atoms with van der Waals surface area (Å²) in [5.74, 6) is 1.84. The lowest BCUT2D eigenvalue weighted by Gasteiger charge is -2.19. The minimum atomic E-state index is 0.357. The summed E-state index contributed by atoms with van der Waals surface area (Å²) in [6.45, 7) is 5.12. The van der Waals surface area contributed by atoms with Crippen molar-refractivity contribution in [2.75, 3.05) is 6.61 Å². The van der Waals surface area contributed by atoms with Gasteiger partial charge in [-0.25, -0.2) is 0 Å². The van der Waals surface area contributed by atoms with Crippen LogP contribution in [-0.2, 0) is 0 Å². The summed E-state index contributed by atoms with van der Waals surface area (Å²) in [5, 5.41) is 0. The minimum Gasteiger partial charge on any atom is -0.494 e. The smallest absolute Gasteiger partial charge is 0.119 e. The van der Waals surface area contributed by atoms with E-state index in [2.05, 4.69) is 92.7 Å². The molecule has 0 aliphatic heterocycles. The van der Waals surface area contributed by atoms with Crippen molar-refractivity contribution in [2.45, 2.75) is 32.1 Å². The highest BCUT2D eigenvalue weighted by Gasteiger charge is 2.14. The van der Waals surface area contributed by atoms with Gasteiger partial charge in [0, 0.05) is 5.92 Å². The van der Waals surface area contributed by atoms with Crippen LogP contribution >= 0.6 is 0 Å². The minimum absolute atomic E-state index is 0.357. The Labute approximate surface area is 151 Å². The zero-order valence-corrected chi connectivity index (χ0v) is 15.1. The number of hydrogen-bond donors (Lipinski definition) is 0. The van der Waals surface area contributed by atoms with E-state index in [1.165, 1.54) is 16.7 Å². The van der Waals surface area contributed by atoms with Crippen molar-refractivity contribution in [1.29, 1.82) is 0 Å². The van der Waals surface area contributed by atoms with Gasteiger partial charge in [-0.2, -0.15) is 0 Å². The number of hydrogen-bond acceptors (Lipinski definition) is 1. The van der Waals surface area contributed by atoms with Gasteiger partial charge in [0.2, 0.25) is 0 Å². The fourth-order valence-electron chi connectivity index (χ4n) is 3.15. The predicted molar refractivity (Wildman–Crippen MR) is 105 cm³/mol. The monoisotopic (exact) mass is 330 g/mol. The van der Waals surface area contributed by atoms with E-state index in [1.54, 1.807) is 0 Å². The number of ether oxygens (including phenoxy) is 1. The molecule has 0 amide bonds. The van der Waals surface area contributed by atoms with Gasteiger partial charge in [-0.1, -0.05) is 86.6 Å². The van der Waals surface area contributed by atoms with Crippen LogP contribution in [0.2, 0.25) is 0 Å². The van der Waals surface area contributed by atoms with Crippen LogP contribution in [0.25, 0.3) is 0 Å². The molecule has 0 radical (unpaired) electrons. The third-order valence-corrected chi connectivity index (χ3v) is 4.60. The van der Waals surface area contributed by atoms with Crippen LogP contribution in [-0.4, -0.2) is 6.61 Å². The number of rotatable bonds is 7. The van der Waals surface area contributed by atoms with Crippen LogP contribution in [0.3, 0.4) is 0 Å². The molecule has 0 aromatic heterocycles. The Bertz CT molecular complexity index is 723. The first-order valence-electron chi connectivity index (χ1n) is 9.06. The molecule has 0 aliphatic rings. The zero-order chi connectivity index (χ0) is 17.5. The van der Waals surface area contributed by atoms with Crippen LogP contribution < -0.4 is 4.74 Å². The predicted octanol–water partition coefficient (Wildman–Crippen LogP) is 6.41. The quantitative estimate of drug-likeness (QED) is 0.486. The molecular formula is C24H26O. The van der Waals surface area contributed by atoms with Gasteiger partial charge in [0.15, 0.2) is 0 Å². The second-order valence-electron chi connectivity index (χ2n) is 6.74. The van der Waals surface area contributed by atoms with E-state index in [1.807, 2.05) is 6.07 Å². The average Bonchev–Trinajstić information content (AvgIpc) is 2.67. The Balaban J connectivity index is 1.70.